The molecule has 20 heavy (non-hydrogen) atoms. The van der Waals surface area contributed by atoms with Crippen LogP contribution < -0.4 is 10.1 Å². The average Bonchev–Trinajstić information content (AvgIpc) is 2.44. The van der Waals surface area contributed by atoms with E-state index < -0.39 is 0 Å². The molecule has 1 N–H and O–H groups in total. The molecule has 0 spiro atoms. The molecule has 0 saturated heterocycles. The maximum atomic E-state index is 6.20. The van der Waals surface area contributed by atoms with Gasteiger partial charge in [0.1, 0.15) is 5.75 Å². The van der Waals surface area contributed by atoms with Crippen molar-refractivity contribution in [2.45, 2.75) is 26.4 Å². The summed E-state index contributed by atoms with van der Waals surface area (Å²) >= 11 is 6.20. The Hall–Kier alpha value is -1.58. The molecule has 0 aliphatic carbocycles. The first kappa shape index (κ1) is 14.8. The lowest BCUT2D eigenvalue weighted by atomic mass is 10.1. The zero-order chi connectivity index (χ0) is 14.5. The van der Waals surface area contributed by atoms with Gasteiger partial charge in [0, 0.05) is 35.4 Å². The molecule has 0 unspecified atom stereocenters. The molecule has 1 aromatic heterocycles. The van der Waals surface area contributed by atoms with Gasteiger partial charge in [0.05, 0.1) is 12.8 Å². The molecule has 0 amide bonds. The van der Waals surface area contributed by atoms with Crippen LogP contribution in [0.3, 0.4) is 0 Å². The summed E-state index contributed by atoms with van der Waals surface area (Å²) < 4.78 is 5.26. The monoisotopic (exact) mass is 290 g/mol. The van der Waals surface area contributed by atoms with Gasteiger partial charge in [-0.1, -0.05) is 29.8 Å². The van der Waals surface area contributed by atoms with Crippen LogP contribution in [0.1, 0.15) is 29.9 Å². The van der Waals surface area contributed by atoms with E-state index in [1.807, 2.05) is 43.3 Å². The normalized spacial score (nSPS) is 12.2. The highest BCUT2D eigenvalue weighted by Gasteiger charge is 2.09. The predicted molar refractivity (Wildman–Crippen MR) is 82.2 cm³/mol. The Morgan fingerprint density at radius 1 is 1.30 bits per heavy atom. The quantitative estimate of drug-likeness (QED) is 0.907. The number of rotatable bonds is 5. The molecule has 0 bridgehead atoms. The van der Waals surface area contributed by atoms with E-state index in [0.717, 1.165) is 27.7 Å². The second-order valence-electron chi connectivity index (χ2n) is 4.76. The highest BCUT2D eigenvalue weighted by atomic mass is 35.5. The van der Waals surface area contributed by atoms with E-state index in [1.165, 1.54) is 0 Å². The molecule has 0 aliphatic rings. The van der Waals surface area contributed by atoms with Crippen molar-refractivity contribution in [1.82, 2.24) is 10.3 Å². The Morgan fingerprint density at radius 3 is 2.75 bits per heavy atom. The van der Waals surface area contributed by atoms with Gasteiger partial charge < -0.3 is 10.1 Å². The van der Waals surface area contributed by atoms with Crippen molar-refractivity contribution in [1.29, 1.82) is 0 Å². The van der Waals surface area contributed by atoms with Crippen molar-refractivity contribution in [2.24, 2.45) is 0 Å². The number of benzene rings is 1. The second kappa shape index (κ2) is 6.73. The Labute approximate surface area is 124 Å². The molecule has 2 aromatic rings. The summed E-state index contributed by atoms with van der Waals surface area (Å²) in [6.45, 7) is 4.72. The first-order chi connectivity index (χ1) is 9.60. The lowest BCUT2D eigenvalue weighted by molar-refractivity contribution is 0.412. The lowest BCUT2D eigenvalue weighted by Gasteiger charge is -2.16. The number of halogens is 1. The van der Waals surface area contributed by atoms with Gasteiger partial charge in [0.2, 0.25) is 0 Å². The fraction of sp³-hybridized carbons (Fsp3) is 0.312. The minimum Gasteiger partial charge on any atom is -0.497 e. The lowest BCUT2D eigenvalue weighted by Crippen LogP contribution is -2.19. The van der Waals surface area contributed by atoms with E-state index in [2.05, 4.69) is 17.2 Å². The minimum atomic E-state index is 0.164. The first-order valence-electron chi connectivity index (χ1n) is 6.59. The molecule has 0 aliphatic heterocycles. The number of methoxy groups -OCH3 is 1. The number of pyridine rings is 1. The van der Waals surface area contributed by atoms with E-state index in [1.54, 1.807) is 7.11 Å². The summed E-state index contributed by atoms with van der Waals surface area (Å²) in [5.41, 5.74) is 3.00. The van der Waals surface area contributed by atoms with Crippen LogP contribution in [0.5, 0.6) is 5.75 Å². The first-order valence-corrected chi connectivity index (χ1v) is 6.97. The molecule has 2 rings (SSSR count). The van der Waals surface area contributed by atoms with E-state index in [9.17, 15) is 0 Å². The highest BCUT2D eigenvalue weighted by molar-refractivity contribution is 6.31. The van der Waals surface area contributed by atoms with Crippen LogP contribution in [0.4, 0.5) is 0 Å². The van der Waals surface area contributed by atoms with Gasteiger partial charge in [-0.25, -0.2) is 0 Å². The van der Waals surface area contributed by atoms with Crippen LogP contribution in [-0.4, -0.2) is 12.1 Å². The van der Waals surface area contributed by atoms with Crippen molar-refractivity contribution < 1.29 is 4.74 Å². The zero-order valence-electron chi connectivity index (χ0n) is 12.0. The van der Waals surface area contributed by atoms with Gasteiger partial charge in [-0.05, 0) is 25.5 Å². The van der Waals surface area contributed by atoms with Crippen LogP contribution in [0, 0.1) is 6.92 Å². The van der Waals surface area contributed by atoms with Gasteiger partial charge in [-0.15, -0.1) is 0 Å². The number of hydrogen-bond acceptors (Lipinski definition) is 3. The van der Waals surface area contributed by atoms with Gasteiger partial charge in [-0.2, -0.15) is 0 Å². The third-order valence-electron chi connectivity index (χ3n) is 3.18. The van der Waals surface area contributed by atoms with Crippen molar-refractivity contribution in [3.8, 4) is 5.75 Å². The Morgan fingerprint density at radius 2 is 2.05 bits per heavy atom. The average molecular weight is 291 g/mol. The fourth-order valence-corrected chi connectivity index (χ4v) is 2.40. The maximum absolute atomic E-state index is 6.20. The molecule has 0 saturated carbocycles. The van der Waals surface area contributed by atoms with Crippen LogP contribution >= 0.6 is 11.6 Å². The minimum absolute atomic E-state index is 0.164. The fourth-order valence-electron chi connectivity index (χ4n) is 2.11. The van der Waals surface area contributed by atoms with Crippen molar-refractivity contribution in [2.75, 3.05) is 7.11 Å². The summed E-state index contributed by atoms with van der Waals surface area (Å²) in [6, 6.07) is 11.9. The summed E-state index contributed by atoms with van der Waals surface area (Å²) in [6.07, 6.45) is 0. The number of hydrogen-bond donors (Lipinski definition) is 1. The van der Waals surface area contributed by atoms with Gasteiger partial charge in [-0.3, -0.25) is 4.98 Å². The Kier molecular flexibility index (Phi) is 4.99. The molecule has 4 heteroatoms. The van der Waals surface area contributed by atoms with Crippen LogP contribution in [-0.2, 0) is 6.54 Å². The van der Waals surface area contributed by atoms with E-state index in [0.29, 0.717) is 6.54 Å². The maximum Gasteiger partial charge on any atom is 0.122 e. The SMILES string of the molecule is COc1cc(C)nc(CN[C@H](C)c2ccccc2Cl)c1. The van der Waals surface area contributed by atoms with E-state index >= 15 is 0 Å². The van der Waals surface area contributed by atoms with Gasteiger partial charge in [0.15, 0.2) is 0 Å². The predicted octanol–water partition coefficient (Wildman–Crippen LogP) is 3.90. The molecule has 1 heterocycles. The molecular formula is C16H19ClN2O. The number of aromatic nitrogens is 1. The van der Waals surface area contributed by atoms with Gasteiger partial charge in [0.25, 0.3) is 0 Å². The molecule has 0 fully saturated rings. The molecule has 3 nitrogen and oxygen atoms in total. The molecule has 106 valence electrons. The van der Waals surface area contributed by atoms with Crippen molar-refractivity contribution in [3.63, 3.8) is 0 Å². The summed E-state index contributed by atoms with van der Waals surface area (Å²) in [5.74, 6) is 0.833. The molecule has 1 atom stereocenters. The summed E-state index contributed by atoms with van der Waals surface area (Å²) in [4.78, 5) is 4.49. The van der Waals surface area contributed by atoms with E-state index in [-0.39, 0.29) is 6.04 Å². The van der Waals surface area contributed by atoms with Crippen LogP contribution in [0.2, 0.25) is 5.02 Å². The van der Waals surface area contributed by atoms with Crippen LogP contribution in [0.25, 0.3) is 0 Å². The molecular weight excluding hydrogens is 272 g/mol. The third-order valence-corrected chi connectivity index (χ3v) is 3.52. The highest BCUT2D eigenvalue weighted by Crippen LogP contribution is 2.22. The Balaban J connectivity index is 2.05. The topological polar surface area (TPSA) is 34.1 Å². The number of nitrogens with zero attached hydrogens (tertiary/aromatic N) is 1. The number of nitrogens with one attached hydrogen (secondary N) is 1. The summed E-state index contributed by atoms with van der Waals surface area (Å²) in [7, 11) is 1.67. The largest absolute Gasteiger partial charge is 0.497 e. The van der Waals surface area contributed by atoms with Gasteiger partial charge >= 0.3 is 0 Å². The smallest absolute Gasteiger partial charge is 0.122 e. The standard InChI is InChI=1S/C16H19ClN2O/c1-11-8-14(20-3)9-13(19-11)10-18-12(2)15-6-4-5-7-16(15)17/h4-9,12,18H,10H2,1-3H3/t12-/m1/s1. The Bertz CT molecular complexity index is 586. The van der Waals surface area contributed by atoms with E-state index in [4.69, 9.17) is 16.3 Å². The van der Waals surface area contributed by atoms with Crippen molar-refractivity contribution in [3.05, 3.63) is 58.4 Å². The summed E-state index contributed by atoms with van der Waals surface area (Å²) in [5, 5.41) is 4.21. The second-order valence-corrected chi connectivity index (χ2v) is 5.17. The number of aryl methyl sites for hydroxylation is 1. The molecule has 1 aromatic carbocycles. The van der Waals surface area contributed by atoms with Crippen molar-refractivity contribution >= 4 is 11.6 Å². The number of ether oxygens (including phenoxy) is 1. The molecule has 0 radical (unpaired) electrons. The van der Waals surface area contributed by atoms with Crippen LogP contribution in [0.15, 0.2) is 36.4 Å². The zero-order valence-corrected chi connectivity index (χ0v) is 12.7. The third kappa shape index (κ3) is 3.71.